The van der Waals surface area contributed by atoms with Crippen LogP contribution in [0.1, 0.15) is 53.7 Å². The molecule has 0 radical (unpaired) electrons. The third kappa shape index (κ3) is 4.07. The number of ether oxygens (including phenoxy) is 1. The van der Waals surface area contributed by atoms with Crippen molar-refractivity contribution in [3.63, 3.8) is 0 Å². The van der Waals surface area contributed by atoms with Crippen LogP contribution in [-0.2, 0) is 14.9 Å². The summed E-state index contributed by atoms with van der Waals surface area (Å²) in [7, 11) is 0. The monoisotopic (exact) mass is 385 g/mol. The minimum atomic E-state index is -0.990. The molecule has 5 nitrogen and oxygen atoms in total. The Morgan fingerprint density at radius 2 is 1.86 bits per heavy atom. The van der Waals surface area contributed by atoms with Gasteiger partial charge in [0.2, 0.25) is 5.91 Å². The number of amides is 1. The second-order valence-electron chi connectivity index (χ2n) is 7.07. The standard InChI is InChI=1S/C22H24FNO4/c1-2-19(15-6-8-16(9-7-15)20(25)26)24-21(27)22(10-12-28-13-11-22)17-4-3-5-18(23)14-17/h3-9,14,19H,2,10-13H2,1H3,(H,24,27)(H,25,26). The number of benzene rings is 2. The molecule has 0 aliphatic carbocycles. The Morgan fingerprint density at radius 1 is 1.18 bits per heavy atom. The van der Waals surface area contributed by atoms with E-state index < -0.39 is 11.4 Å². The molecule has 0 spiro atoms. The SMILES string of the molecule is CCC(NC(=O)C1(c2cccc(F)c2)CCOCC1)c1ccc(C(=O)O)cc1. The van der Waals surface area contributed by atoms with Gasteiger partial charge >= 0.3 is 5.97 Å². The van der Waals surface area contributed by atoms with Crippen molar-refractivity contribution < 1.29 is 23.8 Å². The van der Waals surface area contributed by atoms with Gasteiger partial charge in [0.1, 0.15) is 5.82 Å². The molecule has 148 valence electrons. The Balaban J connectivity index is 1.87. The summed E-state index contributed by atoms with van der Waals surface area (Å²) >= 11 is 0. The lowest BCUT2D eigenvalue weighted by molar-refractivity contribution is -0.131. The maximum absolute atomic E-state index is 13.8. The number of hydrogen-bond acceptors (Lipinski definition) is 3. The molecule has 2 aromatic rings. The molecule has 2 N–H and O–H groups in total. The van der Waals surface area contributed by atoms with E-state index in [1.165, 1.54) is 24.3 Å². The van der Waals surface area contributed by atoms with Crippen molar-refractivity contribution >= 4 is 11.9 Å². The predicted molar refractivity (Wildman–Crippen MR) is 103 cm³/mol. The first-order valence-electron chi connectivity index (χ1n) is 9.44. The number of carbonyl (C=O) groups is 2. The number of halogens is 1. The van der Waals surface area contributed by atoms with Crippen molar-refractivity contribution in [1.82, 2.24) is 5.32 Å². The lowest BCUT2D eigenvalue weighted by Crippen LogP contribution is -2.49. The minimum absolute atomic E-state index is 0.157. The summed E-state index contributed by atoms with van der Waals surface area (Å²) in [6, 6.07) is 12.4. The van der Waals surface area contributed by atoms with E-state index in [0.717, 1.165) is 5.56 Å². The highest BCUT2D eigenvalue weighted by Crippen LogP contribution is 2.36. The zero-order valence-electron chi connectivity index (χ0n) is 15.8. The highest BCUT2D eigenvalue weighted by molar-refractivity contribution is 5.89. The number of carboxylic acids is 1. The Bertz CT molecular complexity index is 844. The number of nitrogens with one attached hydrogen (secondary N) is 1. The van der Waals surface area contributed by atoms with Gasteiger partial charge in [-0.05, 0) is 54.7 Å². The number of rotatable bonds is 6. The molecule has 1 amide bonds. The van der Waals surface area contributed by atoms with E-state index in [4.69, 9.17) is 9.84 Å². The van der Waals surface area contributed by atoms with Crippen molar-refractivity contribution in [2.45, 2.75) is 37.6 Å². The minimum Gasteiger partial charge on any atom is -0.478 e. The molecule has 1 fully saturated rings. The molecule has 1 unspecified atom stereocenters. The van der Waals surface area contributed by atoms with Crippen LogP contribution in [0, 0.1) is 5.82 Å². The van der Waals surface area contributed by atoms with Crippen LogP contribution in [0.15, 0.2) is 48.5 Å². The zero-order chi connectivity index (χ0) is 20.1. The summed E-state index contributed by atoms with van der Waals surface area (Å²) in [5.41, 5.74) is 0.853. The molecule has 1 heterocycles. The molecule has 0 aromatic heterocycles. The van der Waals surface area contributed by atoms with E-state index in [2.05, 4.69) is 5.32 Å². The normalized spacial score (nSPS) is 16.9. The van der Waals surface area contributed by atoms with Crippen LogP contribution in [0.4, 0.5) is 4.39 Å². The Morgan fingerprint density at radius 3 is 2.43 bits per heavy atom. The summed E-state index contributed by atoms with van der Waals surface area (Å²) in [4.78, 5) is 24.4. The molecular weight excluding hydrogens is 361 g/mol. The number of hydrogen-bond donors (Lipinski definition) is 2. The summed E-state index contributed by atoms with van der Waals surface area (Å²) in [5.74, 6) is -1.51. The first-order chi connectivity index (χ1) is 13.5. The van der Waals surface area contributed by atoms with Gasteiger partial charge < -0.3 is 15.2 Å². The zero-order valence-corrected chi connectivity index (χ0v) is 15.8. The smallest absolute Gasteiger partial charge is 0.335 e. The second-order valence-corrected chi connectivity index (χ2v) is 7.07. The van der Waals surface area contributed by atoms with Crippen LogP contribution in [0.3, 0.4) is 0 Å². The highest BCUT2D eigenvalue weighted by atomic mass is 19.1. The van der Waals surface area contributed by atoms with Crippen LogP contribution in [0.5, 0.6) is 0 Å². The van der Waals surface area contributed by atoms with Crippen molar-refractivity contribution in [3.05, 3.63) is 71.0 Å². The fraction of sp³-hybridized carbons (Fsp3) is 0.364. The van der Waals surface area contributed by atoms with Crippen LogP contribution >= 0.6 is 0 Å². The number of carbonyl (C=O) groups excluding carboxylic acids is 1. The van der Waals surface area contributed by atoms with Crippen molar-refractivity contribution in [2.75, 3.05) is 13.2 Å². The Kier molecular flexibility index (Phi) is 6.09. The maximum Gasteiger partial charge on any atom is 0.335 e. The molecule has 0 bridgehead atoms. The first kappa shape index (κ1) is 20.0. The number of aromatic carboxylic acids is 1. The molecule has 1 aliphatic heterocycles. The summed E-state index contributed by atoms with van der Waals surface area (Å²) in [6.45, 7) is 2.83. The van der Waals surface area contributed by atoms with E-state index in [1.54, 1.807) is 24.3 Å². The molecule has 28 heavy (non-hydrogen) atoms. The topological polar surface area (TPSA) is 75.6 Å². The predicted octanol–water partition coefficient (Wildman–Crippen LogP) is 3.84. The highest BCUT2D eigenvalue weighted by Gasteiger charge is 2.42. The molecule has 2 aromatic carbocycles. The molecular formula is C22H24FNO4. The summed E-state index contributed by atoms with van der Waals surface area (Å²) in [5, 5.41) is 12.2. The van der Waals surface area contributed by atoms with Gasteiger partial charge in [0.15, 0.2) is 0 Å². The maximum atomic E-state index is 13.8. The van der Waals surface area contributed by atoms with Gasteiger partial charge in [-0.25, -0.2) is 9.18 Å². The lowest BCUT2D eigenvalue weighted by atomic mass is 9.73. The second kappa shape index (κ2) is 8.52. The van der Waals surface area contributed by atoms with Gasteiger partial charge in [-0.2, -0.15) is 0 Å². The molecule has 1 atom stereocenters. The van der Waals surface area contributed by atoms with Crippen LogP contribution in [-0.4, -0.2) is 30.2 Å². The van der Waals surface area contributed by atoms with Crippen LogP contribution < -0.4 is 5.32 Å². The van der Waals surface area contributed by atoms with E-state index in [0.29, 0.717) is 38.0 Å². The average Bonchev–Trinajstić information content (AvgIpc) is 2.72. The Hall–Kier alpha value is -2.73. The van der Waals surface area contributed by atoms with Crippen LogP contribution in [0.25, 0.3) is 0 Å². The fourth-order valence-corrected chi connectivity index (χ4v) is 3.73. The van der Waals surface area contributed by atoms with Crippen molar-refractivity contribution in [1.29, 1.82) is 0 Å². The molecule has 0 saturated carbocycles. The van der Waals surface area contributed by atoms with Crippen LogP contribution in [0.2, 0.25) is 0 Å². The largest absolute Gasteiger partial charge is 0.478 e. The summed E-state index contributed by atoms with van der Waals surface area (Å²) < 4.78 is 19.3. The van der Waals surface area contributed by atoms with Gasteiger partial charge in [0.25, 0.3) is 0 Å². The van der Waals surface area contributed by atoms with E-state index >= 15 is 0 Å². The van der Waals surface area contributed by atoms with E-state index in [-0.39, 0.29) is 23.3 Å². The number of carboxylic acid groups (broad SMARTS) is 1. The van der Waals surface area contributed by atoms with Gasteiger partial charge in [0.05, 0.1) is 17.0 Å². The van der Waals surface area contributed by atoms with Crippen molar-refractivity contribution in [3.8, 4) is 0 Å². The molecule has 1 aliphatic rings. The molecule has 3 rings (SSSR count). The fourth-order valence-electron chi connectivity index (χ4n) is 3.73. The average molecular weight is 385 g/mol. The third-order valence-corrected chi connectivity index (χ3v) is 5.43. The summed E-state index contributed by atoms with van der Waals surface area (Å²) in [6.07, 6.45) is 1.61. The first-order valence-corrected chi connectivity index (χ1v) is 9.44. The Labute approximate surface area is 163 Å². The van der Waals surface area contributed by atoms with Gasteiger partial charge in [0, 0.05) is 13.2 Å². The van der Waals surface area contributed by atoms with Gasteiger partial charge in [-0.3, -0.25) is 4.79 Å². The van der Waals surface area contributed by atoms with E-state index in [1.807, 2.05) is 6.92 Å². The molecule has 6 heteroatoms. The van der Waals surface area contributed by atoms with Gasteiger partial charge in [-0.15, -0.1) is 0 Å². The van der Waals surface area contributed by atoms with E-state index in [9.17, 15) is 14.0 Å². The quantitative estimate of drug-likeness (QED) is 0.792. The van der Waals surface area contributed by atoms with Crippen molar-refractivity contribution in [2.24, 2.45) is 0 Å². The lowest BCUT2D eigenvalue weighted by Gasteiger charge is -2.37. The van der Waals surface area contributed by atoms with Gasteiger partial charge in [-0.1, -0.05) is 31.2 Å². The molecule has 1 saturated heterocycles. The third-order valence-electron chi connectivity index (χ3n) is 5.43.